The molecule has 0 heterocycles. The molecule has 7 heteroatoms. The molecule has 0 unspecified atom stereocenters. The third-order valence-corrected chi connectivity index (χ3v) is 12.1. The third-order valence-electron chi connectivity index (χ3n) is 9.87. The molecule has 5 aromatic rings. The molecule has 5 rings (SSSR count). The molecule has 0 aliphatic rings. The van der Waals surface area contributed by atoms with Crippen molar-refractivity contribution in [3.05, 3.63) is 106 Å². The number of fused-ring (bicyclic) bond motifs is 2. The van der Waals surface area contributed by atoms with Gasteiger partial charge in [-0.05, 0) is 139 Å². The quantitative estimate of drug-likeness (QED) is 0.112. The lowest BCUT2D eigenvalue weighted by Gasteiger charge is -2.24. The van der Waals surface area contributed by atoms with Crippen LogP contribution >= 0.6 is 8.60 Å². The molecule has 52 heavy (non-hydrogen) atoms. The zero-order chi connectivity index (χ0) is 38.2. The van der Waals surface area contributed by atoms with Gasteiger partial charge in [0.25, 0.3) is 0 Å². The molecule has 0 bridgehead atoms. The summed E-state index contributed by atoms with van der Waals surface area (Å²) in [5, 5.41) is 4.71. The van der Waals surface area contributed by atoms with E-state index in [2.05, 4.69) is 132 Å². The normalized spacial score (nSPS) is 12.5. The molecule has 0 spiro atoms. The van der Waals surface area contributed by atoms with E-state index in [0.29, 0.717) is 29.4 Å². The Morgan fingerprint density at radius 1 is 0.462 bits per heavy atom. The first-order valence-corrected chi connectivity index (χ1v) is 21.7. The van der Waals surface area contributed by atoms with Gasteiger partial charge in [0, 0.05) is 6.26 Å². The fourth-order valence-electron chi connectivity index (χ4n) is 6.66. The Morgan fingerprint density at radius 2 is 0.846 bits per heavy atom. The number of sulfone groups is 1. The highest BCUT2D eigenvalue weighted by atomic mass is 32.2. The Labute approximate surface area is 314 Å². The van der Waals surface area contributed by atoms with E-state index in [1.54, 1.807) is 24.3 Å². The first-order chi connectivity index (χ1) is 24.3. The predicted octanol–water partition coefficient (Wildman–Crippen LogP) is 13.9. The minimum Gasteiger partial charge on any atom is -0.409 e. The lowest BCUT2D eigenvalue weighted by atomic mass is 9.88. The zero-order valence-corrected chi connectivity index (χ0v) is 35.0. The Hall–Kier alpha value is -3.60. The van der Waals surface area contributed by atoms with Gasteiger partial charge in [-0.1, -0.05) is 107 Å². The van der Waals surface area contributed by atoms with Gasteiger partial charge in [0.1, 0.15) is 17.2 Å². The van der Waals surface area contributed by atoms with Crippen molar-refractivity contribution in [3.8, 4) is 17.2 Å². The molecule has 0 saturated carbocycles. The standard InChI is InChI=1S/C45H57O5PS/c1-26(2)32-18-34-22-40(30(9)10)44(24-42(34)38(20-32)28(5)6)49-51(48-36-14-16-37(17-15-36)52(13,46)47)50-45-25-43-35(23-41(45)31(11)12)19-33(27(3)4)21-39(43)29(7)8/h14-31H,1-13H3. The van der Waals surface area contributed by atoms with Crippen molar-refractivity contribution in [1.82, 2.24) is 0 Å². The van der Waals surface area contributed by atoms with E-state index < -0.39 is 18.4 Å². The Balaban J connectivity index is 1.69. The van der Waals surface area contributed by atoms with Gasteiger partial charge in [-0.15, -0.1) is 0 Å². The van der Waals surface area contributed by atoms with Crippen molar-refractivity contribution in [2.24, 2.45) is 0 Å². The van der Waals surface area contributed by atoms with Crippen molar-refractivity contribution in [2.75, 3.05) is 6.26 Å². The average Bonchev–Trinajstić information content (AvgIpc) is 3.06. The van der Waals surface area contributed by atoms with E-state index in [4.69, 9.17) is 13.6 Å². The molecule has 0 amide bonds. The summed E-state index contributed by atoms with van der Waals surface area (Å²) in [5.41, 5.74) is 7.35. The molecule has 0 aliphatic carbocycles. The molecule has 0 aromatic heterocycles. The Bertz CT molecular complexity index is 2050. The first kappa shape index (κ1) is 39.6. The maximum atomic E-state index is 12.2. The number of rotatable bonds is 13. The Kier molecular flexibility index (Phi) is 12.0. The van der Waals surface area contributed by atoms with E-state index in [9.17, 15) is 8.42 Å². The molecule has 0 N–H and O–H groups in total. The first-order valence-electron chi connectivity index (χ1n) is 18.7. The van der Waals surface area contributed by atoms with Crippen LogP contribution in [0.2, 0.25) is 0 Å². The monoisotopic (exact) mass is 740 g/mol. The van der Waals surface area contributed by atoms with Gasteiger partial charge < -0.3 is 13.6 Å². The second-order valence-electron chi connectivity index (χ2n) is 16.1. The summed E-state index contributed by atoms with van der Waals surface area (Å²) in [6.07, 6.45) is 1.20. The van der Waals surface area contributed by atoms with Crippen LogP contribution in [-0.2, 0) is 9.84 Å². The van der Waals surface area contributed by atoms with Crippen LogP contribution in [0.5, 0.6) is 17.2 Å². The second-order valence-corrected chi connectivity index (χ2v) is 19.1. The minimum atomic E-state index is -3.37. The van der Waals surface area contributed by atoms with E-state index in [0.717, 1.165) is 33.4 Å². The van der Waals surface area contributed by atoms with Gasteiger partial charge in [0.2, 0.25) is 0 Å². The van der Waals surface area contributed by atoms with Gasteiger partial charge in [-0.3, -0.25) is 0 Å². The molecular formula is C45H57O5PS. The van der Waals surface area contributed by atoms with Crippen LogP contribution in [0.15, 0.2) is 77.7 Å². The smallest absolute Gasteiger partial charge is 0.409 e. The zero-order valence-electron chi connectivity index (χ0n) is 33.3. The molecular weight excluding hydrogens is 684 g/mol. The van der Waals surface area contributed by atoms with E-state index >= 15 is 0 Å². The van der Waals surface area contributed by atoms with Crippen LogP contribution in [0.3, 0.4) is 0 Å². The fourth-order valence-corrected chi connectivity index (χ4v) is 8.33. The SMILES string of the molecule is CC(C)c1cc(C(C)C)c2cc(OP(Oc3ccc(S(C)(=O)=O)cc3)Oc3cc4c(C(C)C)cc(C(C)C)cc4cc3C(C)C)c(C(C)C)cc2c1. The van der Waals surface area contributed by atoms with Crippen LogP contribution < -0.4 is 13.6 Å². The van der Waals surface area contributed by atoms with Gasteiger partial charge in [-0.25, -0.2) is 8.42 Å². The van der Waals surface area contributed by atoms with Crippen molar-refractivity contribution in [3.63, 3.8) is 0 Å². The second kappa shape index (κ2) is 15.8. The molecule has 278 valence electrons. The van der Waals surface area contributed by atoms with Crippen LogP contribution in [0.25, 0.3) is 21.5 Å². The molecule has 5 nitrogen and oxygen atoms in total. The highest BCUT2D eigenvalue weighted by Gasteiger charge is 2.27. The fraction of sp³-hybridized carbons (Fsp3) is 0.422. The molecule has 0 fully saturated rings. The molecule has 0 radical (unpaired) electrons. The van der Waals surface area contributed by atoms with Gasteiger partial charge in [0.05, 0.1) is 4.90 Å². The van der Waals surface area contributed by atoms with Crippen molar-refractivity contribution in [1.29, 1.82) is 0 Å². The highest BCUT2D eigenvalue weighted by Crippen LogP contribution is 2.49. The minimum absolute atomic E-state index is 0.172. The van der Waals surface area contributed by atoms with E-state index in [1.165, 1.54) is 39.3 Å². The topological polar surface area (TPSA) is 61.8 Å². The third kappa shape index (κ3) is 8.77. The molecule has 0 atom stereocenters. The van der Waals surface area contributed by atoms with Crippen LogP contribution in [0.4, 0.5) is 0 Å². The van der Waals surface area contributed by atoms with Gasteiger partial charge in [0.15, 0.2) is 9.84 Å². The Morgan fingerprint density at radius 3 is 1.17 bits per heavy atom. The van der Waals surface area contributed by atoms with Crippen LogP contribution in [0.1, 0.15) is 152 Å². The van der Waals surface area contributed by atoms with Crippen molar-refractivity contribution in [2.45, 2.75) is 123 Å². The maximum absolute atomic E-state index is 12.2. The summed E-state index contributed by atoms with van der Waals surface area (Å²) < 4.78 is 44.9. The van der Waals surface area contributed by atoms with E-state index in [-0.39, 0.29) is 16.7 Å². The molecule has 0 saturated heterocycles. The number of benzene rings is 5. The summed E-state index contributed by atoms with van der Waals surface area (Å²) in [4.78, 5) is 0.225. The van der Waals surface area contributed by atoms with Crippen LogP contribution in [-0.4, -0.2) is 14.7 Å². The lowest BCUT2D eigenvalue weighted by Crippen LogP contribution is -2.07. The lowest BCUT2D eigenvalue weighted by molar-refractivity contribution is 0.383. The number of hydrogen-bond donors (Lipinski definition) is 0. The van der Waals surface area contributed by atoms with Crippen molar-refractivity contribution < 1.29 is 22.0 Å². The van der Waals surface area contributed by atoms with Gasteiger partial charge >= 0.3 is 8.60 Å². The van der Waals surface area contributed by atoms with Gasteiger partial charge in [-0.2, -0.15) is 0 Å². The maximum Gasteiger partial charge on any atom is 0.530 e. The summed E-state index contributed by atoms with van der Waals surface area (Å²) in [5.74, 6) is 3.71. The summed E-state index contributed by atoms with van der Waals surface area (Å²) in [7, 11) is -5.42. The van der Waals surface area contributed by atoms with E-state index in [1.807, 2.05) is 0 Å². The van der Waals surface area contributed by atoms with Crippen LogP contribution in [0, 0.1) is 0 Å². The summed E-state index contributed by atoms with van der Waals surface area (Å²) >= 11 is 0. The molecule has 0 aliphatic heterocycles. The average molecular weight is 741 g/mol. The largest absolute Gasteiger partial charge is 0.530 e. The summed E-state index contributed by atoms with van der Waals surface area (Å²) in [6.45, 7) is 26.6. The summed E-state index contributed by atoms with van der Waals surface area (Å²) in [6, 6.07) is 24.6. The highest BCUT2D eigenvalue weighted by molar-refractivity contribution is 7.90. The number of hydrogen-bond acceptors (Lipinski definition) is 5. The predicted molar refractivity (Wildman–Crippen MR) is 221 cm³/mol. The molecule has 5 aromatic carbocycles. The van der Waals surface area contributed by atoms with Crippen molar-refractivity contribution >= 4 is 40.0 Å².